The number of halogens is 5. The van der Waals surface area contributed by atoms with Crippen molar-refractivity contribution in [2.45, 2.75) is 24.9 Å². The van der Waals surface area contributed by atoms with Crippen molar-refractivity contribution >= 4 is 22.6 Å². The van der Waals surface area contributed by atoms with Crippen molar-refractivity contribution in [3.8, 4) is 17.2 Å². The second-order valence-electron chi connectivity index (χ2n) is 12.2. The number of ether oxygens (including phenoxy) is 4. The van der Waals surface area contributed by atoms with E-state index in [9.17, 15) is 36.6 Å². The molecule has 6 aromatic rings. The summed E-state index contributed by atoms with van der Waals surface area (Å²) in [6.07, 6.45) is -0.124. The van der Waals surface area contributed by atoms with E-state index < -0.39 is 58.2 Å². The molecule has 8 nitrogen and oxygen atoms in total. The van der Waals surface area contributed by atoms with Crippen molar-refractivity contribution in [2.75, 3.05) is 14.2 Å². The van der Waals surface area contributed by atoms with Crippen LogP contribution in [0.2, 0.25) is 0 Å². The lowest BCUT2D eigenvalue weighted by atomic mass is 9.79. The van der Waals surface area contributed by atoms with Crippen LogP contribution in [0, 0.1) is 29.1 Å². The fourth-order valence-electron chi connectivity index (χ4n) is 6.11. The van der Waals surface area contributed by atoms with Crippen LogP contribution in [0.5, 0.6) is 17.2 Å². The summed E-state index contributed by atoms with van der Waals surface area (Å²) in [5.41, 5.74) is -0.0723. The second kappa shape index (κ2) is 15.6. The number of amides is 1. The number of benzene rings is 6. The molecule has 0 saturated heterocycles. The van der Waals surface area contributed by atoms with Crippen LogP contribution in [0.4, 0.5) is 22.0 Å². The van der Waals surface area contributed by atoms with E-state index in [1.54, 1.807) is 25.1 Å². The van der Waals surface area contributed by atoms with E-state index >= 15 is 0 Å². The summed E-state index contributed by atoms with van der Waals surface area (Å²) >= 11 is 0. The third kappa shape index (κ3) is 7.31. The van der Waals surface area contributed by atoms with Crippen LogP contribution in [0.15, 0.2) is 115 Å². The van der Waals surface area contributed by atoms with Gasteiger partial charge >= 0.3 is 5.97 Å². The predicted molar refractivity (Wildman–Crippen MR) is 191 cm³/mol. The molecule has 282 valence electrons. The van der Waals surface area contributed by atoms with E-state index in [1.807, 2.05) is 60.7 Å². The fourth-order valence-corrected chi connectivity index (χ4v) is 6.11. The Balaban J connectivity index is 1.33. The molecule has 0 spiro atoms. The van der Waals surface area contributed by atoms with E-state index in [4.69, 9.17) is 14.2 Å². The molecule has 0 aromatic heterocycles. The number of rotatable bonds is 12. The van der Waals surface area contributed by atoms with Crippen molar-refractivity contribution in [1.82, 2.24) is 5.32 Å². The highest BCUT2D eigenvalue weighted by molar-refractivity contribution is 6.01. The molecule has 0 heterocycles. The van der Waals surface area contributed by atoms with Gasteiger partial charge in [0, 0.05) is 23.6 Å². The maximum atomic E-state index is 14.1. The quantitative estimate of drug-likeness (QED) is 0.0245. The minimum Gasteiger partial charge on any atom is -0.497 e. The minimum absolute atomic E-state index is 0.0757. The number of carbonyl (C=O) groups excluding carboxylic acids is 2. The first-order valence-corrected chi connectivity index (χ1v) is 16.7. The highest BCUT2D eigenvalue weighted by Crippen LogP contribution is 2.47. The van der Waals surface area contributed by atoms with Crippen LogP contribution < -0.4 is 19.5 Å². The van der Waals surface area contributed by atoms with Gasteiger partial charge in [-0.25, -0.2) is 18.0 Å². The van der Waals surface area contributed by atoms with Crippen LogP contribution in [0.3, 0.4) is 0 Å². The van der Waals surface area contributed by atoms with Gasteiger partial charge in [-0.05, 0) is 58.3 Å². The summed E-state index contributed by atoms with van der Waals surface area (Å²) in [5.74, 6) is -16.8. The van der Waals surface area contributed by atoms with Crippen molar-refractivity contribution in [2.24, 2.45) is 0 Å². The molecule has 0 saturated carbocycles. The number of aliphatic hydroxyl groups is 1. The first-order valence-electron chi connectivity index (χ1n) is 16.7. The zero-order chi connectivity index (χ0) is 39.5. The molecular formula is C42H32F5NO7. The molecule has 0 radical (unpaired) electrons. The van der Waals surface area contributed by atoms with Crippen LogP contribution in [0.25, 0.3) is 10.8 Å². The first kappa shape index (κ1) is 38.4. The summed E-state index contributed by atoms with van der Waals surface area (Å²) in [7, 11) is 3.01. The third-order valence-electron chi connectivity index (χ3n) is 8.96. The van der Waals surface area contributed by atoms with Crippen LogP contribution in [0.1, 0.15) is 50.8 Å². The summed E-state index contributed by atoms with van der Waals surface area (Å²) < 4.78 is 91.6. The Morgan fingerprint density at radius 1 is 0.655 bits per heavy atom. The number of fused-ring (bicyclic) bond motifs is 1. The number of methoxy groups -OCH3 is 2. The van der Waals surface area contributed by atoms with E-state index in [0.717, 1.165) is 0 Å². The van der Waals surface area contributed by atoms with Crippen LogP contribution >= 0.6 is 0 Å². The van der Waals surface area contributed by atoms with Gasteiger partial charge in [0.05, 0.1) is 19.8 Å². The van der Waals surface area contributed by atoms with Gasteiger partial charge in [-0.2, -0.15) is 8.78 Å². The summed E-state index contributed by atoms with van der Waals surface area (Å²) in [6.45, 7) is 1.62. The van der Waals surface area contributed by atoms with Gasteiger partial charge in [-0.15, -0.1) is 0 Å². The Bertz CT molecular complexity index is 2330. The molecule has 1 atom stereocenters. The molecule has 0 aliphatic rings. The highest BCUT2D eigenvalue weighted by Gasteiger charge is 2.47. The average molecular weight is 758 g/mol. The summed E-state index contributed by atoms with van der Waals surface area (Å²) in [4.78, 5) is 26.6. The van der Waals surface area contributed by atoms with Crippen molar-refractivity contribution in [3.63, 3.8) is 0 Å². The largest absolute Gasteiger partial charge is 0.497 e. The zero-order valence-electron chi connectivity index (χ0n) is 29.5. The lowest BCUT2D eigenvalue weighted by molar-refractivity contribution is -0.261. The molecule has 0 aliphatic heterocycles. The topological polar surface area (TPSA) is 103 Å². The van der Waals surface area contributed by atoms with Crippen molar-refractivity contribution in [1.29, 1.82) is 0 Å². The monoisotopic (exact) mass is 757 g/mol. The van der Waals surface area contributed by atoms with Gasteiger partial charge in [0.25, 0.3) is 5.91 Å². The molecular weight excluding hydrogens is 725 g/mol. The molecule has 0 aliphatic carbocycles. The lowest BCUT2D eigenvalue weighted by Crippen LogP contribution is -2.55. The fraction of sp³-hybridized carbons (Fsp3) is 0.143. The maximum absolute atomic E-state index is 14.1. The standard InChI is InChI=1S/C42H32F5NO7/c1-4-41(51,55-42(28-11-7-5-8-12-28,29-13-9-6-10-14-29)31-20-19-30(52-2)23-32(31)53-3)48-39(49)26-17-15-25-22-27(18-16-24(25)21-26)40(50)54-38-36(46)34(44)33(43)35(45)37(38)47/h5-23,51H,4H2,1-3H3,(H,48,49)/t41-/m1/s1. The number of carbonyl (C=O) groups is 2. The Morgan fingerprint density at radius 3 is 1.71 bits per heavy atom. The van der Waals surface area contributed by atoms with Gasteiger partial charge < -0.3 is 29.4 Å². The van der Waals surface area contributed by atoms with Crippen LogP contribution in [-0.2, 0) is 10.3 Å². The lowest BCUT2D eigenvalue weighted by Gasteiger charge is -2.42. The van der Waals surface area contributed by atoms with E-state index in [2.05, 4.69) is 10.1 Å². The smallest absolute Gasteiger partial charge is 0.343 e. The van der Waals surface area contributed by atoms with Crippen molar-refractivity contribution < 1.29 is 55.6 Å². The molecule has 6 aromatic carbocycles. The number of nitrogens with one attached hydrogen (secondary N) is 1. The van der Waals surface area contributed by atoms with Gasteiger partial charge in [0.1, 0.15) is 11.5 Å². The normalized spacial score (nSPS) is 12.5. The van der Waals surface area contributed by atoms with E-state index in [0.29, 0.717) is 39.0 Å². The second-order valence-corrected chi connectivity index (χ2v) is 12.2. The highest BCUT2D eigenvalue weighted by atomic mass is 19.2. The molecule has 0 unspecified atom stereocenters. The summed E-state index contributed by atoms with van der Waals surface area (Å²) in [6, 6.07) is 31.5. The summed E-state index contributed by atoms with van der Waals surface area (Å²) in [5, 5.41) is 15.5. The minimum atomic E-state index is -2.39. The van der Waals surface area contributed by atoms with Gasteiger partial charge in [-0.3, -0.25) is 4.79 Å². The Hall–Kier alpha value is -6.31. The molecule has 1 amide bonds. The van der Waals surface area contributed by atoms with Gasteiger partial charge in [0.15, 0.2) is 5.60 Å². The number of hydrogen-bond donors (Lipinski definition) is 2. The Labute approximate surface area is 311 Å². The van der Waals surface area contributed by atoms with Gasteiger partial charge in [0.2, 0.25) is 40.7 Å². The molecule has 0 bridgehead atoms. The maximum Gasteiger partial charge on any atom is 0.343 e. The molecule has 55 heavy (non-hydrogen) atoms. The first-order chi connectivity index (χ1) is 26.3. The predicted octanol–water partition coefficient (Wildman–Crippen LogP) is 8.57. The third-order valence-corrected chi connectivity index (χ3v) is 8.96. The Morgan fingerprint density at radius 2 is 1.18 bits per heavy atom. The molecule has 6 rings (SSSR count). The molecule has 0 fully saturated rings. The SMILES string of the molecule is CC[C@](O)(NC(=O)c1ccc2cc(C(=O)Oc3c(F)c(F)c(F)c(F)c3F)ccc2c1)OC(c1ccccc1)(c1ccccc1)c1ccc(OC)cc1OC. The van der Waals surface area contributed by atoms with Crippen molar-refractivity contribution in [3.05, 3.63) is 172 Å². The zero-order valence-corrected chi connectivity index (χ0v) is 29.5. The number of esters is 1. The average Bonchev–Trinajstić information content (AvgIpc) is 3.22. The Kier molecular flexibility index (Phi) is 10.9. The van der Waals surface area contributed by atoms with Gasteiger partial charge in [-0.1, -0.05) is 79.7 Å². The molecule has 2 N–H and O–H groups in total. The molecule has 13 heteroatoms. The number of hydrogen-bond acceptors (Lipinski definition) is 7. The van der Waals surface area contributed by atoms with E-state index in [-0.39, 0.29) is 17.5 Å². The van der Waals surface area contributed by atoms with Crippen LogP contribution in [-0.4, -0.2) is 37.1 Å². The van der Waals surface area contributed by atoms with E-state index in [1.165, 1.54) is 50.6 Å².